The number of nitrogens with one attached hydrogen (secondary N) is 1. The quantitative estimate of drug-likeness (QED) is 0.901. The van der Waals surface area contributed by atoms with Gasteiger partial charge in [0, 0.05) is 18.7 Å². The highest BCUT2D eigenvalue weighted by molar-refractivity contribution is 5.37. The van der Waals surface area contributed by atoms with Crippen LogP contribution in [0, 0.1) is 11.6 Å². The molecule has 1 aromatic carbocycles. The van der Waals surface area contributed by atoms with E-state index < -0.39 is 11.6 Å². The minimum Gasteiger partial charge on any atom is -0.481 e. The standard InChI is InChI=1S/C14H14F2N2O/c1-19-14-4-2-3-13(18-14)17-6-5-10-7-11(15)9-12(16)8-10/h2-4,7-9H,5-6H2,1H3,(H,17,18). The van der Waals surface area contributed by atoms with E-state index in [9.17, 15) is 8.78 Å². The van der Waals surface area contributed by atoms with Crippen LogP contribution >= 0.6 is 0 Å². The van der Waals surface area contributed by atoms with Crippen LogP contribution < -0.4 is 10.1 Å². The Labute approximate surface area is 110 Å². The Hall–Kier alpha value is -2.17. The lowest BCUT2D eigenvalue weighted by atomic mass is 10.1. The molecule has 0 saturated heterocycles. The van der Waals surface area contributed by atoms with Crippen molar-refractivity contribution in [2.45, 2.75) is 6.42 Å². The van der Waals surface area contributed by atoms with Gasteiger partial charge in [0.05, 0.1) is 7.11 Å². The van der Waals surface area contributed by atoms with E-state index in [-0.39, 0.29) is 0 Å². The molecule has 3 nitrogen and oxygen atoms in total. The number of aromatic nitrogens is 1. The number of rotatable bonds is 5. The van der Waals surface area contributed by atoms with E-state index in [1.54, 1.807) is 19.2 Å². The zero-order valence-corrected chi connectivity index (χ0v) is 10.5. The largest absolute Gasteiger partial charge is 0.481 e. The third-order valence-corrected chi connectivity index (χ3v) is 2.57. The van der Waals surface area contributed by atoms with Gasteiger partial charge < -0.3 is 10.1 Å². The van der Waals surface area contributed by atoms with Crippen molar-refractivity contribution in [3.63, 3.8) is 0 Å². The van der Waals surface area contributed by atoms with Crippen molar-refractivity contribution in [3.05, 3.63) is 53.6 Å². The van der Waals surface area contributed by atoms with Gasteiger partial charge in [0.15, 0.2) is 0 Å². The average Bonchev–Trinajstić information content (AvgIpc) is 2.38. The molecule has 100 valence electrons. The summed E-state index contributed by atoms with van der Waals surface area (Å²) < 4.78 is 31.0. The van der Waals surface area contributed by atoms with Crippen LogP contribution in [0.4, 0.5) is 14.6 Å². The van der Waals surface area contributed by atoms with Crippen LogP contribution in [0.2, 0.25) is 0 Å². The Balaban J connectivity index is 1.92. The van der Waals surface area contributed by atoms with Crippen molar-refractivity contribution >= 4 is 5.82 Å². The first-order valence-electron chi connectivity index (χ1n) is 5.87. The molecular formula is C14H14F2N2O. The molecule has 0 aliphatic heterocycles. The summed E-state index contributed by atoms with van der Waals surface area (Å²) >= 11 is 0. The van der Waals surface area contributed by atoms with E-state index in [2.05, 4.69) is 10.3 Å². The highest BCUT2D eigenvalue weighted by atomic mass is 19.1. The van der Waals surface area contributed by atoms with Crippen molar-refractivity contribution < 1.29 is 13.5 Å². The summed E-state index contributed by atoms with van der Waals surface area (Å²) in [5.74, 6) is 0.0574. The topological polar surface area (TPSA) is 34.1 Å². The maximum atomic E-state index is 13.0. The lowest BCUT2D eigenvalue weighted by Gasteiger charge is -2.07. The maximum Gasteiger partial charge on any atom is 0.214 e. The monoisotopic (exact) mass is 264 g/mol. The minimum absolute atomic E-state index is 0.508. The van der Waals surface area contributed by atoms with Gasteiger partial charge in [-0.1, -0.05) is 6.07 Å². The van der Waals surface area contributed by atoms with Gasteiger partial charge >= 0.3 is 0 Å². The van der Waals surface area contributed by atoms with E-state index in [1.807, 2.05) is 6.07 Å². The third kappa shape index (κ3) is 3.91. The van der Waals surface area contributed by atoms with E-state index in [1.165, 1.54) is 12.1 Å². The van der Waals surface area contributed by atoms with Crippen LogP contribution in [0.5, 0.6) is 5.88 Å². The van der Waals surface area contributed by atoms with Gasteiger partial charge in [-0.2, -0.15) is 4.98 Å². The van der Waals surface area contributed by atoms with Crippen molar-refractivity contribution in [1.29, 1.82) is 0 Å². The Morgan fingerprint density at radius 1 is 1.16 bits per heavy atom. The zero-order chi connectivity index (χ0) is 13.7. The first kappa shape index (κ1) is 13.3. The van der Waals surface area contributed by atoms with Gasteiger partial charge in [-0.05, 0) is 30.2 Å². The lowest BCUT2D eigenvalue weighted by molar-refractivity contribution is 0.398. The molecule has 2 rings (SSSR count). The van der Waals surface area contributed by atoms with Gasteiger partial charge in [-0.15, -0.1) is 0 Å². The summed E-state index contributed by atoms with van der Waals surface area (Å²) in [5.41, 5.74) is 0.605. The molecule has 19 heavy (non-hydrogen) atoms. The van der Waals surface area contributed by atoms with Gasteiger partial charge in [0.1, 0.15) is 17.5 Å². The number of ether oxygens (including phenoxy) is 1. The second-order valence-corrected chi connectivity index (χ2v) is 4.02. The van der Waals surface area contributed by atoms with Crippen molar-refractivity contribution in [2.24, 2.45) is 0 Å². The number of benzene rings is 1. The molecular weight excluding hydrogens is 250 g/mol. The van der Waals surface area contributed by atoms with Gasteiger partial charge in [-0.3, -0.25) is 0 Å². The maximum absolute atomic E-state index is 13.0. The van der Waals surface area contributed by atoms with Crippen molar-refractivity contribution in [1.82, 2.24) is 4.98 Å². The molecule has 0 saturated carbocycles. The van der Waals surface area contributed by atoms with Crippen LogP contribution in [-0.4, -0.2) is 18.6 Å². The van der Waals surface area contributed by atoms with Crippen LogP contribution in [-0.2, 0) is 6.42 Å². The Bertz CT molecular complexity index is 541. The first-order chi connectivity index (χ1) is 9.17. The fraction of sp³-hybridized carbons (Fsp3) is 0.214. The third-order valence-electron chi connectivity index (χ3n) is 2.57. The van der Waals surface area contributed by atoms with E-state index in [0.717, 1.165) is 6.07 Å². The molecule has 5 heteroatoms. The number of nitrogens with zero attached hydrogens (tertiary/aromatic N) is 1. The Morgan fingerprint density at radius 2 is 1.89 bits per heavy atom. The summed E-state index contributed by atoms with van der Waals surface area (Å²) in [4.78, 5) is 4.18. The van der Waals surface area contributed by atoms with Gasteiger partial charge in [0.25, 0.3) is 0 Å². The normalized spacial score (nSPS) is 10.3. The van der Waals surface area contributed by atoms with Gasteiger partial charge in [0.2, 0.25) is 5.88 Å². The molecule has 0 unspecified atom stereocenters. The van der Waals surface area contributed by atoms with Crippen LogP contribution in [0.1, 0.15) is 5.56 Å². The molecule has 1 N–H and O–H groups in total. The molecule has 0 spiro atoms. The van der Waals surface area contributed by atoms with Crippen LogP contribution in [0.25, 0.3) is 0 Å². The molecule has 1 aromatic heterocycles. The SMILES string of the molecule is COc1cccc(NCCc2cc(F)cc(F)c2)n1. The molecule has 1 heterocycles. The minimum atomic E-state index is -0.561. The zero-order valence-electron chi connectivity index (χ0n) is 10.5. The van der Waals surface area contributed by atoms with Crippen molar-refractivity contribution in [3.8, 4) is 5.88 Å². The molecule has 0 amide bonds. The fourth-order valence-corrected chi connectivity index (χ4v) is 1.72. The molecule has 0 bridgehead atoms. The molecule has 0 atom stereocenters. The predicted octanol–water partition coefficient (Wildman–Crippen LogP) is 3.02. The number of anilines is 1. The Kier molecular flexibility index (Phi) is 4.28. The second-order valence-electron chi connectivity index (χ2n) is 4.02. The summed E-state index contributed by atoms with van der Waals surface area (Å²) in [6.07, 6.45) is 0.508. The second kappa shape index (κ2) is 6.13. The Morgan fingerprint density at radius 3 is 2.58 bits per heavy atom. The van der Waals surface area contributed by atoms with E-state index in [4.69, 9.17) is 4.74 Å². The van der Waals surface area contributed by atoms with Crippen molar-refractivity contribution in [2.75, 3.05) is 19.0 Å². The molecule has 0 aliphatic carbocycles. The number of hydrogen-bond acceptors (Lipinski definition) is 3. The van der Waals surface area contributed by atoms with Gasteiger partial charge in [-0.25, -0.2) is 8.78 Å². The number of halogens is 2. The van der Waals surface area contributed by atoms with E-state index >= 15 is 0 Å². The molecule has 0 fully saturated rings. The highest BCUT2D eigenvalue weighted by Gasteiger charge is 2.01. The number of pyridine rings is 1. The van der Waals surface area contributed by atoms with E-state index in [0.29, 0.717) is 30.2 Å². The summed E-state index contributed by atoms with van der Waals surface area (Å²) in [6, 6.07) is 8.87. The lowest BCUT2D eigenvalue weighted by Crippen LogP contribution is -2.07. The molecule has 2 aromatic rings. The average molecular weight is 264 g/mol. The fourth-order valence-electron chi connectivity index (χ4n) is 1.72. The van der Waals surface area contributed by atoms with Crippen LogP contribution in [0.15, 0.2) is 36.4 Å². The summed E-state index contributed by atoms with van der Waals surface area (Å²) in [7, 11) is 1.54. The summed E-state index contributed by atoms with van der Waals surface area (Å²) in [6.45, 7) is 0.531. The highest BCUT2D eigenvalue weighted by Crippen LogP contribution is 2.12. The first-order valence-corrected chi connectivity index (χ1v) is 5.87. The van der Waals surface area contributed by atoms with Crippen LogP contribution in [0.3, 0.4) is 0 Å². The molecule has 0 radical (unpaired) electrons. The number of hydrogen-bond donors (Lipinski definition) is 1. The molecule has 0 aliphatic rings. The number of methoxy groups -OCH3 is 1. The summed E-state index contributed by atoms with van der Waals surface area (Å²) in [5, 5.41) is 3.07. The smallest absolute Gasteiger partial charge is 0.214 e. The predicted molar refractivity (Wildman–Crippen MR) is 69.3 cm³/mol.